The molecule has 1 amide bonds. The molecule has 0 aromatic heterocycles. The second kappa shape index (κ2) is 43.0. The van der Waals surface area contributed by atoms with E-state index >= 15 is 0 Å². The second-order valence-corrected chi connectivity index (χ2v) is 19.7. The zero-order valence-corrected chi connectivity index (χ0v) is 43.9. The van der Waals surface area contributed by atoms with Crippen LogP contribution in [0.3, 0.4) is 0 Å². The molecular formula is C57H101NO13. The molecule has 12 unspecified atom stereocenters. The Labute approximate surface area is 428 Å². The summed E-state index contributed by atoms with van der Waals surface area (Å²) in [6.07, 6.45) is 36.8. The smallest absolute Gasteiger partial charge is 0.224 e. The third-order valence-electron chi connectivity index (χ3n) is 13.5. The van der Waals surface area contributed by atoms with Crippen LogP contribution in [0.2, 0.25) is 0 Å². The first-order valence-electron chi connectivity index (χ1n) is 28.0. The molecule has 412 valence electrons. The first-order chi connectivity index (χ1) is 34.6. The lowest BCUT2D eigenvalue weighted by Crippen LogP contribution is -2.65. The minimum atomic E-state index is -1.79. The van der Waals surface area contributed by atoms with Gasteiger partial charge in [0.05, 0.1) is 32.0 Å². The standard InChI is InChI=1S/C57H101NO13/c1-3-5-7-9-11-13-15-17-19-20-21-22-23-24-25-27-28-30-32-34-36-38-40-46(61)45(58-49(62)41-39-37-35-33-31-29-26-18-16-14-12-10-8-6-4-2)44-68-56-54(67)52(65)55(48(43-60)70-56)71-57-53(66)51(64)50(63)47(42-59)69-57/h6,8,12,14,18,26,31,33,37,39,45-48,50-57,59-61,63-67H,3-5,7,9-11,13,15-17,19-25,27-30,32,34-36,38,40-44H2,1-2H3,(H,58,62)/b8-6-,14-12-,26-18-,33-31-,39-37-. The van der Waals surface area contributed by atoms with E-state index in [9.17, 15) is 45.6 Å². The van der Waals surface area contributed by atoms with E-state index in [0.717, 1.165) is 51.4 Å². The van der Waals surface area contributed by atoms with Crippen LogP contribution in [-0.2, 0) is 23.7 Å². The first-order valence-corrected chi connectivity index (χ1v) is 28.0. The van der Waals surface area contributed by atoms with Crippen molar-refractivity contribution in [1.82, 2.24) is 5.32 Å². The Morgan fingerprint density at radius 1 is 0.507 bits per heavy atom. The van der Waals surface area contributed by atoms with Gasteiger partial charge in [0.25, 0.3) is 0 Å². The lowest BCUT2D eigenvalue weighted by atomic mass is 9.97. The fraction of sp³-hybridized carbons (Fsp3) is 0.807. The van der Waals surface area contributed by atoms with E-state index in [0.29, 0.717) is 12.8 Å². The number of carbonyl (C=O) groups excluding carboxylic acids is 1. The quantitative estimate of drug-likeness (QED) is 0.0206. The minimum absolute atomic E-state index is 0.0704. The second-order valence-electron chi connectivity index (χ2n) is 19.7. The van der Waals surface area contributed by atoms with E-state index in [1.165, 1.54) is 116 Å². The zero-order chi connectivity index (χ0) is 51.7. The highest BCUT2D eigenvalue weighted by Crippen LogP contribution is 2.30. The number of amides is 1. The van der Waals surface area contributed by atoms with Crippen LogP contribution >= 0.6 is 0 Å². The number of rotatable bonds is 43. The molecule has 2 fully saturated rings. The Morgan fingerprint density at radius 2 is 0.915 bits per heavy atom. The van der Waals surface area contributed by atoms with E-state index in [4.69, 9.17) is 18.9 Å². The third-order valence-corrected chi connectivity index (χ3v) is 13.5. The van der Waals surface area contributed by atoms with Crippen molar-refractivity contribution in [2.75, 3.05) is 19.8 Å². The highest BCUT2D eigenvalue weighted by Gasteiger charge is 2.51. The maximum absolute atomic E-state index is 13.2. The number of unbranched alkanes of at least 4 members (excludes halogenated alkanes) is 21. The van der Waals surface area contributed by atoms with Crippen molar-refractivity contribution in [2.24, 2.45) is 0 Å². The van der Waals surface area contributed by atoms with E-state index in [1.54, 1.807) is 6.08 Å². The lowest BCUT2D eigenvalue weighted by molar-refractivity contribution is -0.359. The summed E-state index contributed by atoms with van der Waals surface area (Å²) < 4.78 is 22.7. The van der Waals surface area contributed by atoms with Crippen molar-refractivity contribution in [1.29, 1.82) is 0 Å². The van der Waals surface area contributed by atoms with Gasteiger partial charge in [-0.05, 0) is 38.5 Å². The number of carbonyl (C=O) groups is 1. The van der Waals surface area contributed by atoms with Gasteiger partial charge in [0.1, 0.15) is 48.8 Å². The number of nitrogens with one attached hydrogen (secondary N) is 1. The van der Waals surface area contributed by atoms with Crippen molar-refractivity contribution >= 4 is 5.91 Å². The summed E-state index contributed by atoms with van der Waals surface area (Å²) in [5, 5.41) is 87.0. The summed E-state index contributed by atoms with van der Waals surface area (Å²) in [7, 11) is 0. The van der Waals surface area contributed by atoms with E-state index in [-0.39, 0.29) is 18.9 Å². The van der Waals surface area contributed by atoms with Crippen molar-refractivity contribution in [2.45, 2.75) is 274 Å². The molecule has 0 aromatic rings. The van der Waals surface area contributed by atoms with E-state index < -0.39 is 86.8 Å². The van der Waals surface area contributed by atoms with Crippen molar-refractivity contribution in [3.8, 4) is 0 Å². The predicted octanol–water partition coefficient (Wildman–Crippen LogP) is 8.61. The zero-order valence-electron chi connectivity index (χ0n) is 43.9. The van der Waals surface area contributed by atoms with Gasteiger partial charge in [-0.3, -0.25) is 4.79 Å². The largest absolute Gasteiger partial charge is 0.394 e. The van der Waals surface area contributed by atoms with E-state index in [1.807, 2.05) is 12.2 Å². The molecular weight excluding hydrogens is 907 g/mol. The van der Waals surface area contributed by atoms with Gasteiger partial charge >= 0.3 is 0 Å². The van der Waals surface area contributed by atoms with Crippen LogP contribution in [0, 0.1) is 0 Å². The minimum Gasteiger partial charge on any atom is -0.394 e. The summed E-state index contributed by atoms with van der Waals surface area (Å²) in [4.78, 5) is 13.2. The fourth-order valence-corrected chi connectivity index (χ4v) is 9.01. The average Bonchev–Trinajstić information content (AvgIpc) is 3.37. The van der Waals surface area contributed by atoms with Crippen LogP contribution in [0.5, 0.6) is 0 Å². The molecule has 2 aliphatic rings. The number of aliphatic hydroxyl groups excluding tert-OH is 8. The van der Waals surface area contributed by atoms with Crippen LogP contribution < -0.4 is 5.32 Å². The third kappa shape index (κ3) is 29.4. The molecule has 0 saturated carbocycles. The Morgan fingerprint density at radius 3 is 1.37 bits per heavy atom. The fourth-order valence-electron chi connectivity index (χ4n) is 9.01. The Balaban J connectivity index is 1.80. The van der Waals surface area contributed by atoms with Crippen LogP contribution in [-0.4, -0.2) is 140 Å². The maximum atomic E-state index is 13.2. The molecule has 9 N–H and O–H groups in total. The Kier molecular flexibility index (Phi) is 39.2. The van der Waals surface area contributed by atoms with Gasteiger partial charge in [0.15, 0.2) is 12.6 Å². The number of hydrogen-bond donors (Lipinski definition) is 9. The maximum Gasteiger partial charge on any atom is 0.224 e. The molecule has 0 aliphatic carbocycles. The molecule has 12 atom stereocenters. The van der Waals surface area contributed by atoms with Crippen LogP contribution in [0.1, 0.15) is 200 Å². The van der Waals surface area contributed by atoms with Crippen LogP contribution in [0.25, 0.3) is 0 Å². The number of ether oxygens (including phenoxy) is 4. The summed E-state index contributed by atoms with van der Waals surface area (Å²) in [5.41, 5.74) is 0. The molecule has 71 heavy (non-hydrogen) atoms. The summed E-state index contributed by atoms with van der Waals surface area (Å²) >= 11 is 0. The normalized spacial score (nSPS) is 26.2. The SMILES string of the molecule is CC/C=C\C/C=C\C/C=C\C/C=C\C/C=C\CC(=O)NC(COC1OC(CO)C(OC2OC(CO)C(O)C(O)C2O)C(O)C1O)C(O)CCCCCCCCCCCCCCCCCCCCCCCC. The molecule has 2 rings (SSSR count). The summed E-state index contributed by atoms with van der Waals surface area (Å²) in [6, 6.07) is -0.885. The van der Waals surface area contributed by atoms with Gasteiger partial charge in [0.2, 0.25) is 5.91 Å². The highest BCUT2D eigenvalue weighted by molar-refractivity contribution is 5.77. The van der Waals surface area contributed by atoms with Gasteiger partial charge in [-0.2, -0.15) is 0 Å². The lowest BCUT2D eigenvalue weighted by Gasteiger charge is -2.46. The van der Waals surface area contributed by atoms with Gasteiger partial charge < -0.3 is 65.1 Å². The van der Waals surface area contributed by atoms with Gasteiger partial charge in [-0.1, -0.05) is 216 Å². The molecule has 0 aromatic carbocycles. The molecule has 0 bridgehead atoms. The summed E-state index contributed by atoms with van der Waals surface area (Å²) in [6.45, 7) is 2.68. The average molecular weight is 1010 g/mol. The monoisotopic (exact) mass is 1010 g/mol. The van der Waals surface area contributed by atoms with Crippen LogP contribution in [0.4, 0.5) is 0 Å². The number of hydrogen-bond acceptors (Lipinski definition) is 13. The van der Waals surface area contributed by atoms with Crippen molar-refractivity contribution in [3.63, 3.8) is 0 Å². The number of aliphatic hydroxyl groups is 8. The first kappa shape index (κ1) is 64.8. The van der Waals surface area contributed by atoms with Crippen LogP contribution in [0.15, 0.2) is 60.8 Å². The number of allylic oxidation sites excluding steroid dienone is 9. The molecule has 2 heterocycles. The van der Waals surface area contributed by atoms with Crippen molar-refractivity contribution < 1.29 is 64.6 Å². The predicted molar refractivity (Wildman–Crippen MR) is 281 cm³/mol. The Hall–Kier alpha value is -2.31. The molecule has 0 spiro atoms. The van der Waals surface area contributed by atoms with Crippen molar-refractivity contribution in [3.05, 3.63) is 60.8 Å². The molecule has 14 nitrogen and oxygen atoms in total. The van der Waals surface area contributed by atoms with Gasteiger partial charge in [-0.15, -0.1) is 0 Å². The molecule has 2 saturated heterocycles. The molecule has 0 radical (unpaired) electrons. The van der Waals surface area contributed by atoms with Gasteiger partial charge in [0, 0.05) is 6.42 Å². The summed E-state index contributed by atoms with van der Waals surface area (Å²) in [5.74, 6) is -0.334. The van der Waals surface area contributed by atoms with E-state index in [2.05, 4.69) is 61.7 Å². The van der Waals surface area contributed by atoms with Gasteiger partial charge in [-0.25, -0.2) is 0 Å². The highest BCUT2D eigenvalue weighted by atomic mass is 16.7. The topological polar surface area (TPSA) is 228 Å². The molecule has 2 aliphatic heterocycles. The molecule has 14 heteroatoms. The Bertz CT molecular complexity index is 1420.